The van der Waals surface area contributed by atoms with Crippen LogP contribution in [0.1, 0.15) is 92.9 Å². The fourth-order valence-electron chi connectivity index (χ4n) is 5.35. The van der Waals surface area contributed by atoms with Crippen LogP contribution in [0.4, 0.5) is 0 Å². The molecule has 5 rings (SSSR count). The molecule has 1 aliphatic heterocycles. The first-order valence-electron chi connectivity index (χ1n) is 12.9. The minimum atomic E-state index is -1.04. The van der Waals surface area contributed by atoms with Crippen molar-refractivity contribution in [1.82, 2.24) is 20.0 Å². The normalized spacial score (nSPS) is 23.4. The molecule has 1 atom stereocenters. The van der Waals surface area contributed by atoms with E-state index in [4.69, 9.17) is 9.84 Å². The van der Waals surface area contributed by atoms with E-state index in [0.29, 0.717) is 31.3 Å². The maximum absolute atomic E-state index is 13.9. The minimum Gasteiger partial charge on any atom is -0.494 e. The summed E-state index contributed by atoms with van der Waals surface area (Å²) in [6.45, 7) is 5.05. The van der Waals surface area contributed by atoms with Gasteiger partial charge in [-0.05, 0) is 51.7 Å². The fourth-order valence-corrected chi connectivity index (χ4v) is 5.35. The van der Waals surface area contributed by atoms with Crippen molar-refractivity contribution < 1.29 is 14.3 Å². The van der Waals surface area contributed by atoms with Crippen LogP contribution in [-0.2, 0) is 17.9 Å². The van der Waals surface area contributed by atoms with Crippen LogP contribution in [0.15, 0.2) is 30.3 Å². The first-order chi connectivity index (χ1) is 16.5. The molecule has 2 saturated carbocycles. The highest BCUT2D eigenvalue weighted by Gasteiger charge is 2.49. The molecule has 2 heterocycles. The zero-order valence-corrected chi connectivity index (χ0v) is 20.4. The Balaban J connectivity index is 1.48. The molecule has 3 aliphatic rings. The van der Waals surface area contributed by atoms with Crippen molar-refractivity contribution >= 4 is 11.8 Å². The number of aromatic nitrogens is 2. The lowest BCUT2D eigenvalue weighted by molar-refractivity contribution is -0.134. The lowest BCUT2D eigenvalue weighted by Gasteiger charge is -2.44. The molecule has 0 bridgehead atoms. The number of rotatable bonds is 7. The molecule has 0 radical (unpaired) electrons. The van der Waals surface area contributed by atoms with Gasteiger partial charge >= 0.3 is 0 Å². The van der Waals surface area contributed by atoms with Gasteiger partial charge in [0.1, 0.15) is 17.0 Å². The molecule has 1 aromatic heterocycles. The molecule has 1 N–H and O–H groups in total. The second-order valence-electron chi connectivity index (χ2n) is 10.3. The molecule has 2 aliphatic carbocycles. The Hall–Kier alpha value is -2.83. The highest BCUT2D eigenvalue weighted by atomic mass is 16.5. The van der Waals surface area contributed by atoms with Crippen molar-refractivity contribution in [2.24, 2.45) is 0 Å². The number of nitrogens with one attached hydrogen (secondary N) is 1. The Morgan fingerprint density at radius 1 is 1.15 bits per heavy atom. The number of fused-ring (bicyclic) bond motifs is 1. The number of carbonyl (C=O) groups excluding carboxylic acids is 2. The second kappa shape index (κ2) is 9.43. The van der Waals surface area contributed by atoms with Gasteiger partial charge in [-0.25, -0.2) is 0 Å². The SMILES string of the molecule is CCOc1ccccc1CN1C(=O)c2cc(C3CC3)nn2C[C@]1(C)C(=O)NC1CCCCCC1. The van der Waals surface area contributed by atoms with Crippen molar-refractivity contribution in [3.63, 3.8) is 0 Å². The molecule has 7 nitrogen and oxygen atoms in total. The molecular formula is C27H36N4O3. The Morgan fingerprint density at radius 2 is 1.88 bits per heavy atom. The van der Waals surface area contributed by atoms with E-state index in [-0.39, 0.29) is 17.9 Å². The van der Waals surface area contributed by atoms with Gasteiger partial charge in [-0.2, -0.15) is 5.10 Å². The summed E-state index contributed by atoms with van der Waals surface area (Å²) in [7, 11) is 0. The Bertz CT molecular complexity index is 1050. The maximum atomic E-state index is 13.9. The van der Waals surface area contributed by atoms with E-state index in [1.54, 1.807) is 9.58 Å². The van der Waals surface area contributed by atoms with Gasteiger partial charge in [0, 0.05) is 17.5 Å². The molecule has 0 spiro atoms. The van der Waals surface area contributed by atoms with Crippen LogP contribution in [0.3, 0.4) is 0 Å². The van der Waals surface area contributed by atoms with Gasteiger partial charge in [0.05, 0.1) is 25.4 Å². The standard InChI is InChI=1S/C27H36N4O3/c1-3-34-24-13-9-8-10-20(24)17-30-25(32)23-16-22(19-14-15-19)29-31(23)18-27(30,2)26(33)28-21-11-6-4-5-7-12-21/h8-10,13,16,19,21H,3-7,11-12,14-15,17-18H2,1-2H3,(H,28,33)/t27-/m1/s1. The van der Waals surface area contributed by atoms with Gasteiger partial charge in [0.15, 0.2) is 0 Å². The molecule has 34 heavy (non-hydrogen) atoms. The van der Waals surface area contributed by atoms with E-state index in [2.05, 4.69) is 5.32 Å². The molecule has 182 valence electrons. The lowest BCUT2D eigenvalue weighted by Crippen LogP contribution is -2.64. The minimum absolute atomic E-state index is 0.0873. The van der Waals surface area contributed by atoms with E-state index in [0.717, 1.165) is 55.5 Å². The number of ether oxygens (including phenoxy) is 1. The number of benzene rings is 1. The highest BCUT2D eigenvalue weighted by Crippen LogP contribution is 2.41. The summed E-state index contributed by atoms with van der Waals surface area (Å²) in [5.74, 6) is 0.970. The Kier molecular flexibility index (Phi) is 6.36. The molecule has 1 aromatic carbocycles. The third kappa shape index (κ3) is 4.44. The van der Waals surface area contributed by atoms with Crippen molar-refractivity contribution in [3.8, 4) is 5.75 Å². The van der Waals surface area contributed by atoms with Crippen molar-refractivity contribution in [2.75, 3.05) is 6.61 Å². The van der Waals surface area contributed by atoms with Crippen LogP contribution >= 0.6 is 0 Å². The highest BCUT2D eigenvalue weighted by molar-refractivity contribution is 5.99. The first kappa shape index (κ1) is 22.9. The Labute approximate surface area is 201 Å². The summed E-state index contributed by atoms with van der Waals surface area (Å²) in [5.41, 5.74) is 1.42. The number of amides is 2. The summed E-state index contributed by atoms with van der Waals surface area (Å²) in [5, 5.41) is 8.07. The lowest BCUT2D eigenvalue weighted by atomic mass is 9.93. The fraction of sp³-hybridized carbons (Fsp3) is 0.593. The number of para-hydroxylation sites is 1. The Morgan fingerprint density at radius 3 is 2.59 bits per heavy atom. The van der Waals surface area contributed by atoms with E-state index in [1.807, 2.05) is 44.2 Å². The topological polar surface area (TPSA) is 76.5 Å². The molecule has 7 heteroatoms. The number of nitrogens with zero attached hydrogens (tertiary/aromatic N) is 3. The molecule has 0 unspecified atom stereocenters. The molecule has 2 aromatic rings. The van der Waals surface area contributed by atoms with Crippen LogP contribution in [0.5, 0.6) is 5.75 Å². The van der Waals surface area contributed by atoms with Crippen LogP contribution in [0.2, 0.25) is 0 Å². The molecule has 2 amide bonds. The van der Waals surface area contributed by atoms with Gasteiger partial charge in [0.2, 0.25) is 5.91 Å². The smallest absolute Gasteiger partial charge is 0.273 e. The zero-order valence-electron chi connectivity index (χ0n) is 20.4. The van der Waals surface area contributed by atoms with Gasteiger partial charge in [-0.15, -0.1) is 0 Å². The van der Waals surface area contributed by atoms with Crippen LogP contribution in [-0.4, -0.2) is 44.7 Å². The maximum Gasteiger partial charge on any atom is 0.273 e. The number of carbonyl (C=O) groups is 2. The number of hydrogen-bond donors (Lipinski definition) is 1. The molecular weight excluding hydrogens is 428 g/mol. The predicted octanol–water partition coefficient (Wildman–Crippen LogP) is 4.41. The van der Waals surface area contributed by atoms with Crippen molar-refractivity contribution in [1.29, 1.82) is 0 Å². The number of hydrogen-bond acceptors (Lipinski definition) is 4. The van der Waals surface area contributed by atoms with Gasteiger partial charge in [-0.1, -0.05) is 43.9 Å². The van der Waals surface area contributed by atoms with Crippen LogP contribution < -0.4 is 10.1 Å². The monoisotopic (exact) mass is 464 g/mol. The van der Waals surface area contributed by atoms with Gasteiger partial charge in [0.25, 0.3) is 5.91 Å². The predicted molar refractivity (Wildman–Crippen MR) is 130 cm³/mol. The average molecular weight is 465 g/mol. The first-order valence-corrected chi connectivity index (χ1v) is 12.9. The van der Waals surface area contributed by atoms with E-state index in [9.17, 15) is 9.59 Å². The third-order valence-electron chi connectivity index (χ3n) is 7.59. The van der Waals surface area contributed by atoms with Gasteiger partial charge in [-0.3, -0.25) is 14.3 Å². The molecule has 2 fully saturated rings. The second-order valence-corrected chi connectivity index (χ2v) is 10.3. The summed E-state index contributed by atoms with van der Waals surface area (Å²) in [4.78, 5) is 29.4. The van der Waals surface area contributed by atoms with E-state index in [1.165, 1.54) is 12.8 Å². The van der Waals surface area contributed by atoms with E-state index < -0.39 is 5.54 Å². The van der Waals surface area contributed by atoms with Crippen molar-refractivity contribution in [2.45, 2.75) is 95.8 Å². The van der Waals surface area contributed by atoms with Gasteiger partial charge < -0.3 is 15.0 Å². The summed E-state index contributed by atoms with van der Waals surface area (Å²) in [6, 6.07) is 9.88. The summed E-state index contributed by atoms with van der Waals surface area (Å²) < 4.78 is 7.61. The third-order valence-corrected chi connectivity index (χ3v) is 7.59. The zero-order chi connectivity index (χ0) is 23.7. The van der Waals surface area contributed by atoms with Crippen LogP contribution in [0.25, 0.3) is 0 Å². The summed E-state index contributed by atoms with van der Waals surface area (Å²) in [6.07, 6.45) is 8.97. The molecule has 0 saturated heterocycles. The van der Waals surface area contributed by atoms with Crippen LogP contribution in [0, 0.1) is 0 Å². The van der Waals surface area contributed by atoms with Crippen molar-refractivity contribution in [3.05, 3.63) is 47.3 Å². The summed E-state index contributed by atoms with van der Waals surface area (Å²) >= 11 is 0. The average Bonchev–Trinajstić information content (AvgIpc) is 3.63. The van der Waals surface area contributed by atoms with E-state index >= 15 is 0 Å². The quantitative estimate of drug-likeness (QED) is 0.616. The largest absolute Gasteiger partial charge is 0.494 e.